The predicted octanol–water partition coefficient (Wildman–Crippen LogP) is 2.44. The summed E-state index contributed by atoms with van der Waals surface area (Å²) in [5, 5.41) is 12.0. The highest BCUT2D eigenvalue weighted by molar-refractivity contribution is 5.94. The van der Waals surface area contributed by atoms with Crippen LogP contribution in [0.2, 0.25) is 0 Å². The Morgan fingerprint density at radius 2 is 1.93 bits per heavy atom. The fourth-order valence-corrected chi connectivity index (χ4v) is 3.36. The molecule has 6 nitrogen and oxygen atoms in total. The molecule has 154 valence electrons. The molecule has 1 saturated carbocycles. The molecule has 3 atom stereocenters. The van der Waals surface area contributed by atoms with Crippen LogP contribution in [0, 0.1) is 5.92 Å². The largest absolute Gasteiger partial charge is 0.508 e. The molecule has 1 aliphatic carbocycles. The van der Waals surface area contributed by atoms with Gasteiger partial charge in [0, 0.05) is 31.1 Å². The van der Waals surface area contributed by atoms with Gasteiger partial charge in [-0.05, 0) is 49.2 Å². The number of hydrogen-bond acceptors (Lipinski definition) is 5. The van der Waals surface area contributed by atoms with Crippen molar-refractivity contribution in [3.8, 4) is 5.75 Å². The van der Waals surface area contributed by atoms with Crippen molar-refractivity contribution in [2.45, 2.75) is 18.4 Å². The van der Waals surface area contributed by atoms with E-state index in [-0.39, 0.29) is 17.8 Å². The minimum Gasteiger partial charge on any atom is -0.508 e. The molecule has 6 heteroatoms. The van der Waals surface area contributed by atoms with Gasteiger partial charge in [0.1, 0.15) is 12.0 Å². The highest BCUT2D eigenvalue weighted by atomic mass is 16.5. The minimum absolute atomic E-state index is 0.0461. The summed E-state index contributed by atoms with van der Waals surface area (Å²) in [6.45, 7) is 2.97. The van der Waals surface area contributed by atoms with E-state index < -0.39 is 0 Å². The standard InChI is InChI=1S/C13H18N2O3.C10H10O/c1-15-6-7-18-12(9-15)8-14-13(17)10-2-4-11(16)5-3-10;11-7-9-6-10(9)8-4-2-1-3-5-8/h2-5,12,16H,6-9H2,1H3,(H,14,17);1-5,7,9-10H,6H2. The zero-order valence-electron chi connectivity index (χ0n) is 16.7. The van der Waals surface area contributed by atoms with Crippen LogP contribution in [-0.4, -0.2) is 61.6 Å². The number of hydrogen-bond donors (Lipinski definition) is 2. The van der Waals surface area contributed by atoms with Gasteiger partial charge < -0.3 is 24.9 Å². The van der Waals surface area contributed by atoms with Crippen molar-refractivity contribution in [1.29, 1.82) is 0 Å². The van der Waals surface area contributed by atoms with Gasteiger partial charge in [-0.3, -0.25) is 4.79 Å². The van der Waals surface area contributed by atoms with Crippen LogP contribution in [0.4, 0.5) is 0 Å². The second-order valence-corrected chi connectivity index (χ2v) is 7.56. The van der Waals surface area contributed by atoms with Crippen molar-refractivity contribution in [2.75, 3.05) is 33.3 Å². The number of morpholine rings is 1. The van der Waals surface area contributed by atoms with Crippen LogP contribution < -0.4 is 5.32 Å². The molecule has 1 amide bonds. The van der Waals surface area contributed by atoms with Crippen LogP contribution in [0.15, 0.2) is 54.6 Å². The first-order valence-electron chi connectivity index (χ1n) is 9.94. The van der Waals surface area contributed by atoms with Crippen molar-refractivity contribution in [3.63, 3.8) is 0 Å². The van der Waals surface area contributed by atoms with Crippen molar-refractivity contribution < 1.29 is 19.4 Å². The predicted molar refractivity (Wildman–Crippen MR) is 111 cm³/mol. The molecule has 3 unspecified atom stereocenters. The summed E-state index contributed by atoms with van der Waals surface area (Å²) in [7, 11) is 2.04. The number of carbonyl (C=O) groups is 2. The second kappa shape index (κ2) is 10.2. The van der Waals surface area contributed by atoms with E-state index >= 15 is 0 Å². The molecule has 1 saturated heterocycles. The lowest BCUT2D eigenvalue weighted by Crippen LogP contribution is -2.45. The van der Waals surface area contributed by atoms with Gasteiger partial charge in [0.05, 0.1) is 12.7 Å². The number of aldehydes is 1. The molecule has 2 N–H and O–H groups in total. The number of rotatable bonds is 5. The van der Waals surface area contributed by atoms with Crippen LogP contribution in [0.5, 0.6) is 5.75 Å². The van der Waals surface area contributed by atoms with E-state index in [1.54, 1.807) is 12.1 Å². The van der Waals surface area contributed by atoms with Crippen LogP contribution in [0.1, 0.15) is 28.3 Å². The number of carbonyl (C=O) groups excluding carboxylic acids is 2. The number of nitrogens with zero attached hydrogens (tertiary/aromatic N) is 1. The maximum Gasteiger partial charge on any atom is 0.251 e. The third kappa shape index (κ3) is 6.41. The zero-order valence-corrected chi connectivity index (χ0v) is 16.7. The molecule has 0 radical (unpaired) electrons. The topological polar surface area (TPSA) is 78.9 Å². The maximum atomic E-state index is 11.8. The first-order chi connectivity index (χ1) is 14.1. The number of amides is 1. The molecule has 29 heavy (non-hydrogen) atoms. The molecule has 2 aliphatic rings. The first-order valence-corrected chi connectivity index (χ1v) is 9.94. The van der Waals surface area contributed by atoms with E-state index in [4.69, 9.17) is 9.84 Å². The average molecular weight is 396 g/mol. The fourth-order valence-electron chi connectivity index (χ4n) is 3.36. The maximum absolute atomic E-state index is 11.8. The van der Waals surface area contributed by atoms with Crippen molar-refractivity contribution in [3.05, 3.63) is 65.7 Å². The molecule has 0 aromatic heterocycles. The summed E-state index contributed by atoms with van der Waals surface area (Å²) in [6, 6.07) is 16.4. The SMILES string of the molecule is CN1CCOC(CNC(=O)c2ccc(O)cc2)C1.O=CC1CC1c1ccccc1. The quantitative estimate of drug-likeness (QED) is 0.759. The van der Waals surface area contributed by atoms with Gasteiger partial charge in [0.15, 0.2) is 0 Å². The number of benzene rings is 2. The van der Waals surface area contributed by atoms with Crippen molar-refractivity contribution >= 4 is 12.2 Å². The van der Waals surface area contributed by atoms with E-state index in [0.717, 1.165) is 25.8 Å². The van der Waals surface area contributed by atoms with Gasteiger partial charge in [-0.1, -0.05) is 30.3 Å². The molecule has 2 aromatic rings. The monoisotopic (exact) mass is 396 g/mol. The third-order valence-corrected chi connectivity index (χ3v) is 5.20. The number of likely N-dealkylation sites (N-methyl/N-ethyl adjacent to an activating group) is 1. The Morgan fingerprint density at radius 1 is 1.21 bits per heavy atom. The summed E-state index contributed by atoms with van der Waals surface area (Å²) in [6.07, 6.45) is 2.16. The number of aromatic hydroxyl groups is 1. The Balaban J connectivity index is 0.000000186. The molecular weight excluding hydrogens is 368 g/mol. The highest BCUT2D eigenvalue weighted by Crippen LogP contribution is 2.45. The van der Waals surface area contributed by atoms with E-state index in [1.807, 2.05) is 25.2 Å². The van der Waals surface area contributed by atoms with Crippen molar-refractivity contribution in [1.82, 2.24) is 10.2 Å². The van der Waals surface area contributed by atoms with E-state index in [0.29, 0.717) is 30.6 Å². The fraction of sp³-hybridized carbons (Fsp3) is 0.391. The van der Waals surface area contributed by atoms with E-state index in [1.165, 1.54) is 17.7 Å². The molecule has 2 aromatic carbocycles. The molecule has 1 aliphatic heterocycles. The molecule has 4 rings (SSSR count). The van der Waals surface area contributed by atoms with E-state index in [2.05, 4.69) is 22.3 Å². The Morgan fingerprint density at radius 3 is 2.55 bits per heavy atom. The van der Waals surface area contributed by atoms with Crippen LogP contribution >= 0.6 is 0 Å². The normalized spacial score (nSPS) is 23.4. The summed E-state index contributed by atoms with van der Waals surface area (Å²) in [5.41, 5.74) is 1.85. The zero-order chi connectivity index (χ0) is 20.6. The summed E-state index contributed by atoms with van der Waals surface area (Å²) >= 11 is 0. The van der Waals surface area contributed by atoms with Crippen molar-refractivity contribution in [2.24, 2.45) is 5.92 Å². The Kier molecular flexibility index (Phi) is 7.38. The summed E-state index contributed by atoms with van der Waals surface area (Å²) in [4.78, 5) is 24.4. The van der Waals surface area contributed by atoms with Gasteiger partial charge in [-0.2, -0.15) is 0 Å². The minimum atomic E-state index is -0.146. The Labute approximate surface area is 171 Å². The summed E-state index contributed by atoms with van der Waals surface area (Å²) in [5.74, 6) is 0.835. The average Bonchev–Trinajstić information content (AvgIpc) is 3.54. The number of phenolic OH excluding ortho intramolecular Hbond substituents is 1. The molecule has 1 heterocycles. The first kappa shape index (κ1) is 21.0. The Hall–Kier alpha value is -2.70. The molecule has 2 fully saturated rings. The second-order valence-electron chi connectivity index (χ2n) is 7.56. The van der Waals surface area contributed by atoms with Crippen LogP contribution in [-0.2, 0) is 9.53 Å². The van der Waals surface area contributed by atoms with Gasteiger partial charge in [-0.25, -0.2) is 0 Å². The lowest BCUT2D eigenvalue weighted by atomic mass is 10.1. The number of ether oxygens (including phenoxy) is 1. The highest BCUT2D eigenvalue weighted by Gasteiger charge is 2.37. The Bertz CT molecular complexity index is 794. The van der Waals surface area contributed by atoms with Crippen LogP contribution in [0.25, 0.3) is 0 Å². The lowest BCUT2D eigenvalue weighted by Gasteiger charge is -2.30. The summed E-state index contributed by atoms with van der Waals surface area (Å²) < 4.78 is 5.56. The van der Waals surface area contributed by atoms with E-state index in [9.17, 15) is 9.59 Å². The van der Waals surface area contributed by atoms with Gasteiger partial charge in [0.25, 0.3) is 5.91 Å². The molecule has 0 spiro atoms. The third-order valence-electron chi connectivity index (χ3n) is 5.20. The van der Waals surface area contributed by atoms with Crippen LogP contribution in [0.3, 0.4) is 0 Å². The smallest absolute Gasteiger partial charge is 0.251 e. The van der Waals surface area contributed by atoms with Gasteiger partial charge >= 0.3 is 0 Å². The lowest BCUT2D eigenvalue weighted by molar-refractivity contribution is -0.108. The molecular formula is C23H28N2O4. The van der Waals surface area contributed by atoms with Gasteiger partial charge in [-0.15, -0.1) is 0 Å². The molecule has 0 bridgehead atoms. The number of phenols is 1. The number of nitrogens with one attached hydrogen (secondary N) is 1. The van der Waals surface area contributed by atoms with Gasteiger partial charge in [0.2, 0.25) is 0 Å².